The van der Waals surface area contributed by atoms with Crippen molar-refractivity contribution >= 4 is 27.5 Å². The van der Waals surface area contributed by atoms with Crippen molar-refractivity contribution in [3.63, 3.8) is 0 Å². The molecule has 1 aliphatic heterocycles. The molecule has 1 aliphatic rings. The fraction of sp³-hybridized carbons (Fsp3) is 0.176. The van der Waals surface area contributed by atoms with Gasteiger partial charge >= 0.3 is 11.9 Å². The number of esters is 2. The zero-order chi connectivity index (χ0) is 20.4. The third kappa shape index (κ3) is 4.05. The van der Waals surface area contributed by atoms with Crippen LogP contribution in [-0.4, -0.2) is 40.8 Å². The Balaban J connectivity index is 2.79. The van der Waals surface area contributed by atoms with E-state index in [0.29, 0.717) is 12.1 Å². The lowest BCUT2D eigenvalue weighted by Crippen LogP contribution is -2.28. The van der Waals surface area contributed by atoms with E-state index in [-0.39, 0.29) is 5.57 Å². The summed E-state index contributed by atoms with van der Waals surface area (Å²) < 4.78 is 61.6. The number of hydrogen-bond acceptors (Lipinski definition) is 7. The Morgan fingerprint density at radius 1 is 1.00 bits per heavy atom. The van der Waals surface area contributed by atoms with Gasteiger partial charge in [0.1, 0.15) is 11.4 Å². The van der Waals surface area contributed by atoms with Gasteiger partial charge in [-0.15, -0.1) is 0 Å². The van der Waals surface area contributed by atoms with Crippen LogP contribution in [0.5, 0.6) is 0 Å². The molecule has 0 aliphatic carbocycles. The number of hydrogen-bond donors (Lipinski definition) is 0. The molecule has 0 bridgehead atoms. The summed E-state index contributed by atoms with van der Waals surface area (Å²) in [6, 6.07) is 1.24. The van der Waals surface area contributed by atoms with Gasteiger partial charge in [-0.2, -0.15) is 0 Å². The lowest BCUT2D eigenvalue weighted by molar-refractivity contribution is -0.139. The Morgan fingerprint density at radius 3 is 2.04 bits per heavy atom. The number of carbonyl (C=O) groups is 2. The second kappa shape index (κ2) is 7.70. The number of anilines is 1. The largest absolute Gasteiger partial charge is 0.465 e. The third-order valence-electron chi connectivity index (χ3n) is 3.55. The predicted molar refractivity (Wildman–Crippen MR) is 91.3 cm³/mol. The first kappa shape index (κ1) is 20.3. The van der Waals surface area contributed by atoms with E-state index >= 15 is 0 Å². The number of allylic oxidation sites excluding steroid dienone is 2. The van der Waals surface area contributed by atoms with Gasteiger partial charge in [-0.05, 0) is 24.3 Å². The van der Waals surface area contributed by atoms with Crippen LogP contribution < -0.4 is 4.90 Å². The van der Waals surface area contributed by atoms with Crippen molar-refractivity contribution < 1.29 is 36.3 Å². The van der Waals surface area contributed by atoms with Crippen LogP contribution in [0.25, 0.3) is 0 Å². The number of halogens is 2. The van der Waals surface area contributed by atoms with Crippen LogP contribution in [-0.2, 0) is 28.9 Å². The zero-order valence-corrected chi connectivity index (χ0v) is 15.3. The summed E-state index contributed by atoms with van der Waals surface area (Å²) in [5, 5.41) is 0. The summed E-state index contributed by atoms with van der Waals surface area (Å²) in [6.45, 7) is 0. The summed E-state index contributed by atoms with van der Waals surface area (Å²) in [4.78, 5) is 24.5. The van der Waals surface area contributed by atoms with Crippen molar-refractivity contribution in [2.24, 2.45) is 0 Å². The fourth-order valence-electron chi connectivity index (χ4n) is 2.32. The number of rotatable bonds is 4. The summed E-state index contributed by atoms with van der Waals surface area (Å²) in [5.74, 6) is -4.51. The maximum Gasteiger partial charge on any atom is 0.355 e. The molecule has 0 fully saturated rings. The molecule has 1 aromatic rings. The van der Waals surface area contributed by atoms with E-state index in [4.69, 9.17) is 0 Å². The molecule has 0 saturated carbocycles. The summed E-state index contributed by atoms with van der Waals surface area (Å²) in [7, 11) is -1.77. The molecule has 2 rings (SSSR count). The normalized spacial score (nSPS) is 14.2. The molecular weight excluding hydrogens is 384 g/mol. The molecule has 1 aromatic carbocycles. The van der Waals surface area contributed by atoms with Crippen molar-refractivity contribution in [3.8, 4) is 0 Å². The summed E-state index contributed by atoms with van der Waals surface area (Å²) >= 11 is 0. The molecule has 0 radical (unpaired) electrons. The standard InChI is InChI=1S/C17H15F2NO6S/c1-25-16(21)11-6-4-5-7-20(14(11)17(22)26-2)15-12(18)8-10(9-13(15)19)27(3,23)24/h4-9H,1-3H3. The van der Waals surface area contributed by atoms with Gasteiger partial charge in [0.25, 0.3) is 0 Å². The molecule has 27 heavy (non-hydrogen) atoms. The fourth-order valence-corrected chi connectivity index (χ4v) is 2.96. The second-order valence-corrected chi connectivity index (χ2v) is 7.34. The number of nitrogens with zero attached hydrogens (tertiary/aromatic N) is 1. The minimum Gasteiger partial charge on any atom is -0.465 e. The average Bonchev–Trinajstić information content (AvgIpc) is 2.82. The number of methoxy groups -OCH3 is 2. The molecule has 0 amide bonds. The highest BCUT2D eigenvalue weighted by Gasteiger charge is 2.31. The van der Waals surface area contributed by atoms with Crippen LogP contribution in [0.3, 0.4) is 0 Å². The minimum absolute atomic E-state index is 0.305. The average molecular weight is 399 g/mol. The maximum absolute atomic E-state index is 14.6. The Kier molecular flexibility index (Phi) is 5.79. The highest BCUT2D eigenvalue weighted by atomic mass is 32.2. The van der Waals surface area contributed by atoms with E-state index in [9.17, 15) is 26.8 Å². The van der Waals surface area contributed by atoms with Gasteiger partial charge in [0, 0.05) is 12.5 Å². The maximum atomic E-state index is 14.6. The van der Waals surface area contributed by atoms with E-state index in [1.807, 2.05) is 0 Å². The van der Waals surface area contributed by atoms with E-state index in [1.165, 1.54) is 18.2 Å². The molecule has 0 atom stereocenters. The van der Waals surface area contributed by atoms with Gasteiger partial charge in [0.15, 0.2) is 21.5 Å². The minimum atomic E-state index is -3.87. The van der Waals surface area contributed by atoms with Crippen LogP contribution >= 0.6 is 0 Å². The first-order valence-corrected chi connectivity index (χ1v) is 9.25. The third-order valence-corrected chi connectivity index (χ3v) is 4.64. The first-order valence-electron chi connectivity index (χ1n) is 7.36. The van der Waals surface area contributed by atoms with Crippen molar-refractivity contribution in [1.29, 1.82) is 0 Å². The van der Waals surface area contributed by atoms with E-state index < -0.39 is 49.7 Å². The Hall–Kier alpha value is -3.01. The first-order chi connectivity index (χ1) is 12.6. The van der Waals surface area contributed by atoms with Gasteiger partial charge < -0.3 is 14.4 Å². The van der Waals surface area contributed by atoms with Crippen molar-refractivity contribution in [2.75, 3.05) is 25.4 Å². The molecular formula is C17H15F2NO6S. The second-order valence-electron chi connectivity index (χ2n) is 5.32. The van der Waals surface area contributed by atoms with Crippen molar-refractivity contribution in [1.82, 2.24) is 0 Å². The number of ether oxygens (including phenoxy) is 2. The van der Waals surface area contributed by atoms with Crippen molar-refractivity contribution in [2.45, 2.75) is 4.90 Å². The van der Waals surface area contributed by atoms with E-state index in [1.54, 1.807) is 0 Å². The predicted octanol–water partition coefficient (Wildman–Crippen LogP) is 1.86. The molecule has 0 unspecified atom stereocenters. The molecule has 0 saturated heterocycles. The van der Waals surface area contributed by atoms with E-state index in [2.05, 4.69) is 9.47 Å². The summed E-state index contributed by atoms with van der Waals surface area (Å²) in [5.41, 5.74) is -1.57. The molecule has 144 valence electrons. The Labute approximate surface area is 154 Å². The number of carbonyl (C=O) groups excluding carboxylic acids is 2. The molecule has 7 nitrogen and oxygen atoms in total. The van der Waals surface area contributed by atoms with E-state index in [0.717, 1.165) is 31.6 Å². The van der Waals surface area contributed by atoms with Crippen LogP contribution in [0.2, 0.25) is 0 Å². The van der Waals surface area contributed by atoms with Gasteiger partial charge in [-0.3, -0.25) is 0 Å². The SMILES string of the molecule is COC(=O)C1=C(C(=O)OC)N(c2c(F)cc(S(C)(=O)=O)cc2F)C=CC=C1. The van der Waals surface area contributed by atoms with Crippen LogP contribution in [0.1, 0.15) is 0 Å². The molecule has 10 heteroatoms. The van der Waals surface area contributed by atoms with Gasteiger partial charge in [0.2, 0.25) is 0 Å². The molecule has 1 heterocycles. The smallest absolute Gasteiger partial charge is 0.355 e. The topological polar surface area (TPSA) is 90.0 Å². The molecule has 0 N–H and O–H groups in total. The monoisotopic (exact) mass is 399 g/mol. The van der Waals surface area contributed by atoms with Crippen molar-refractivity contribution in [3.05, 3.63) is 59.5 Å². The lowest BCUT2D eigenvalue weighted by Gasteiger charge is -2.24. The Morgan fingerprint density at radius 2 is 1.56 bits per heavy atom. The molecule has 0 aromatic heterocycles. The van der Waals surface area contributed by atoms with Crippen LogP contribution in [0.15, 0.2) is 52.7 Å². The molecule has 0 spiro atoms. The van der Waals surface area contributed by atoms with Gasteiger partial charge in [0.05, 0.1) is 24.7 Å². The van der Waals surface area contributed by atoms with Crippen LogP contribution in [0, 0.1) is 11.6 Å². The lowest BCUT2D eigenvalue weighted by atomic mass is 10.1. The van der Waals surface area contributed by atoms with Gasteiger partial charge in [-0.1, -0.05) is 6.08 Å². The number of sulfone groups is 1. The quantitative estimate of drug-likeness (QED) is 0.714. The summed E-state index contributed by atoms with van der Waals surface area (Å²) in [6.07, 6.45) is 5.82. The number of benzene rings is 1. The van der Waals surface area contributed by atoms with Crippen LogP contribution in [0.4, 0.5) is 14.5 Å². The Bertz CT molecular complexity index is 972. The highest BCUT2D eigenvalue weighted by Crippen LogP contribution is 2.32. The van der Waals surface area contributed by atoms with Gasteiger partial charge in [-0.25, -0.2) is 26.8 Å². The highest BCUT2D eigenvalue weighted by molar-refractivity contribution is 7.90. The zero-order valence-electron chi connectivity index (χ0n) is 14.5.